The first kappa shape index (κ1) is 41.2. The predicted octanol–water partition coefficient (Wildman–Crippen LogP) is 15.6. The fourth-order valence-corrected chi connectivity index (χ4v) is 9.66. The molecule has 5 nitrogen and oxygen atoms in total. The van der Waals surface area contributed by atoms with Crippen molar-refractivity contribution in [2.45, 2.75) is 0 Å². The molecule has 0 saturated heterocycles. The Labute approximate surface area is 390 Å². The highest BCUT2D eigenvalue weighted by molar-refractivity contribution is 6.12. The number of hydrogen-bond donors (Lipinski definition) is 0. The lowest BCUT2D eigenvalue weighted by molar-refractivity contribution is 0.381. The maximum Gasteiger partial charge on any atom is 0.200 e. The Bertz CT molecular complexity index is 3850. The molecule has 0 aliphatic carbocycles. The van der Waals surface area contributed by atoms with Gasteiger partial charge in [-0.2, -0.15) is 5.26 Å². The van der Waals surface area contributed by atoms with Gasteiger partial charge in [0.25, 0.3) is 0 Å². The van der Waals surface area contributed by atoms with Gasteiger partial charge in [-0.05, 0) is 101 Å². The number of fused-ring (bicyclic) bond motifs is 6. The van der Waals surface area contributed by atoms with Gasteiger partial charge in [-0.15, -0.1) is 0 Å². The molecule has 10 heteroatoms. The lowest BCUT2D eigenvalue weighted by Crippen LogP contribution is -2.08. The van der Waals surface area contributed by atoms with Gasteiger partial charge in [-0.25, -0.2) is 22.0 Å². The molecule has 0 amide bonds. The van der Waals surface area contributed by atoms with E-state index in [1.165, 1.54) is 12.1 Å². The SMILES string of the molecule is N#Cc1c(-n2c3ccccc3c3cc(-c4ccnc(-c5ccccc5)c4)ccc32)cc(-c2c(F)c(F)c(F)c(F)c2F)cc1-n1c2ccccc2c2cc(-c3ccnc(-c4ccccc4)c3)ccc21. The molecule has 69 heavy (non-hydrogen) atoms. The van der Waals surface area contributed by atoms with Crippen LogP contribution >= 0.6 is 0 Å². The normalized spacial score (nSPS) is 11.5. The van der Waals surface area contributed by atoms with E-state index in [1.54, 1.807) is 12.4 Å². The van der Waals surface area contributed by atoms with Crippen molar-refractivity contribution in [1.29, 1.82) is 5.26 Å². The lowest BCUT2D eigenvalue weighted by Gasteiger charge is -2.19. The number of nitrogens with zero attached hydrogens (tertiary/aromatic N) is 5. The molecule has 8 aromatic carbocycles. The zero-order valence-corrected chi connectivity index (χ0v) is 36.1. The van der Waals surface area contributed by atoms with E-state index in [-0.39, 0.29) is 22.5 Å². The van der Waals surface area contributed by atoms with E-state index >= 15 is 17.6 Å². The first-order chi connectivity index (χ1) is 33.8. The van der Waals surface area contributed by atoms with Crippen LogP contribution in [0.5, 0.6) is 0 Å². The van der Waals surface area contributed by atoms with Crippen molar-refractivity contribution in [3.8, 4) is 73.3 Å². The molecule has 12 aromatic rings. The summed E-state index contributed by atoms with van der Waals surface area (Å²) in [4.78, 5) is 9.22. The highest BCUT2D eigenvalue weighted by Gasteiger charge is 2.30. The molecule has 0 fully saturated rings. The van der Waals surface area contributed by atoms with E-state index in [2.05, 4.69) is 16.0 Å². The predicted molar refractivity (Wildman–Crippen MR) is 262 cm³/mol. The van der Waals surface area contributed by atoms with Crippen LogP contribution in [-0.2, 0) is 0 Å². The summed E-state index contributed by atoms with van der Waals surface area (Å²) in [7, 11) is 0. The minimum absolute atomic E-state index is 0.0874. The Balaban J connectivity index is 1.12. The van der Waals surface area contributed by atoms with Crippen LogP contribution in [0.25, 0.3) is 111 Å². The van der Waals surface area contributed by atoms with Crippen LogP contribution < -0.4 is 0 Å². The summed E-state index contributed by atoms with van der Waals surface area (Å²) in [6.07, 6.45) is 3.51. The minimum atomic E-state index is -2.27. The van der Waals surface area contributed by atoms with Gasteiger partial charge < -0.3 is 9.13 Å². The first-order valence-electron chi connectivity index (χ1n) is 22.0. The molecule has 328 valence electrons. The molecule has 0 aliphatic heterocycles. The van der Waals surface area contributed by atoms with Crippen molar-refractivity contribution < 1.29 is 22.0 Å². The Hall–Kier alpha value is -9.20. The van der Waals surface area contributed by atoms with Gasteiger partial charge in [-0.1, -0.05) is 109 Å². The summed E-state index contributed by atoms with van der Waals surface area (Å²) in [6, 6.07) is 59.4. The van der Waals surface area contributed by atoms with Crippen molar-refractivity contribution in [1.82, 2.24) is 19.1 Å². The molecule has 4 aromatic heterocycles. The van der Waals surface area contributed by atoms with Crippen molar-refractivity contribution in [3.63, 3.8) is 0 Å². The molecule has 0 atom stereocenters. The van der Waals surface area contributed by atoms with E-state index in [0.717, 1.165) is 66.3 Å². The van der Waals surface area contributed by atoms with Gasteiger partial charge in [-0.3, -0.25) is 9.97 Å². The van der Waals surface area contributed by atoms with Gasteiger partial charge in [0.15, 0.2) is 23.3 Å². The molecule has 0 unspecified atom stereocenters. The standard InChI is InChI=1S/C59H32F5N5/c60-55-54(56(61)58(63)59(64)57(55)62)40-31-52(68-48-17-9-7-15-41(48)43-27-36(19-21-50(43)68)38-23-25-66-46(29-38)34-11-3-1-4-12-34)45(33-65)53(32-40)69-49-18-10-8-16-42(49)44-28-37(20-22-51(44)69)39-24-26-67-47(30-39)35-13-5-2-6-14-35/h1-32H. The molecule has 0 aliphatic rings. The summed E-state index contributed by atoms with van der Waals surface area (Å²) in [5.74, 6) is -10.4. The molecule has 0 spiro atoms. The fraction of sp³-hybridized carbons (Fsp3) is 0. The average Bonchev–Trinajstić information content (AvgIpc) is 3.92. The molecule has 0 bridgehead atoms. The summed E-state index contributed by atoms with van der Waals surface area (Å²) < 4.78 is 80.9. The van der Waals surface area contributed by atoms with Gasteiger partial charge in [0.05, 0.1) is 50.4 Å². The van der Waals surface area contributed by atoms with Crippen LogP contribution in [0, 0.1) is 40.4 Å². The number of aromatic nitrogens is 4. The lowest BCUT2D eigenvalue weighted by atomic mass is 9.98. The summed E-state index contributed by atoms with van der Waals surface area (Å²) >= 11 is 0. The zero-order valence-electron chi connectivity index (χ0n) is 36.1. The summed E-state index contributed by atoms with van der Waals surface area (Å²) in [5, 5.41) is 14.6. The van der Waals surface area contributed by atoms with Crippen LogP contribution in [0.4, 0.5) is 22.0 Å². The molecule has 12 rings (SSSR count). The zero-order chi connectivity index (χ0) is 46.9. The summed E-state index contributed by atoms with van der Waals surface area (Å²) in [6.45, 7) is 0. The Morgan fingerprint density at radius 2 is 0.739 bits per heavy atom. The highest BCUT2D eigenvalue weighted by atomic mass is 19.2. The monoisotopic (exact) mass is 905 g/mol. The molecule has 0 saturated carbocycles. The molecule has 4 heterocycles. The Morgan fingerprint density at radius 1 is 0.348 bits per heavy atom. The molecular formula is C59H32F5N5. The number of benzene rings is 8. The Kier molecular flexibility index (Phi) is 9.74. The second kappa shape index (κ2) is 16.3. The minimum Gasteiger partial charge on any atom is -0.308 e. The molecular weight excluding hydrogens is 874 g/mol. The van der Waals surface area contributed by atoms with E-state index in [4.69, 9.17) is 0 Å². The van der Waals surface area contributed by atoms with Gasteiger partial charge >= 0.3 is 0 Å². The van der Waals surface area contributed by atoms with Crippen LogP contribution in [0.15, 0.2) is 194 Å². The van der Waals surface area contributed by atoms with Crippen LogP contribution in [0.2, 0.25) is 0 Å². The van der Waals surface area contributed by atoms with E-state index < -0.39 is 34.6 Å². The second-order valence-electron chi connectivity index (χ2n) is 16.7. The quantitative estimate of drug-likeness (QED) is 0.0909. The van der Waals surface area contributed by atoms with E-state index in [9.17, 15) is 9.65 Å². The van der Waals surface area contributed by atoms with Crippen molar-refractivity contribution in [2.24, 2.45) is 0 Å². The number of nitriles is 1. The largest absolute Gasteiger partial charge is 0.308 e. The van der Waals surface area contributed by atoms with Crippen LogP contribution in [0.1, 0.15) is 5.56 Å². The third kappa shape index (κ3) is 6.66. The maximum atomic E-state index is 16.1. The topological polar surface area (TPSA) is 59.4 Å². The van der Waals surface area contributed by atoms with Crippen LogP contribution in [0.3, 0.4) is 0 Å². The highest BCUT2D eigenvalue weighted by Crippen LogP contribution is 2.43. The first-order valence-corrected chi connectivity index (χ1v) is 22.0. The number of para-hydroxylation sites is 2. The number of pyridine rings is 2. The van der Waals surface area contributed by atoms with Gasteiger partial charge in [0, 0.05) is 45.1 Å². The molecule has 0 N–H and O–H groups in total. The molecule has 0 radical (unpaired) electrons. The van der Waals surface area contributed by atoms with Gasteiger partial charge in [0.1, 0.15) is 11.6 Å². The van der Waals surface area contributed by atoms with Crippen molar-refractivity contribution in [3.05, 3.63) is 229 Å². The smallest absolute Gasteiger partial charge is 0.200 e. The fourth-order valence-electron chi connectivity index (χ4n) is 9.66. The Morgan fingerprint density at radius 3 is 1.19 bits per heavy atom. The second-order valence-corrected chi connectivity index (χ2v) is 16.7. The number of rotatable bonds is 7. The van der Waals surface area contributed by atoms with Crippen LogP contribution in [-0.4, -0.2) is 19.1 Å². The summed E-state index contributed by atoms with van der Waals surface area (Å²) in [5.41, 5.74) is 8.60. The third-order valence-electron chi connectivity index (χ3n) is 12.9. The van der Waals surface area contributed by atoms with Gasteiger partial charge in [0.2, 0.25) is 5.82 Å². The number of halogens is 5. The third-order valence-corrected chi connectivity index (χ3v) is 12.9. The van der Waals surface area contributed by atoms with E-state index in [0.29, 0.717) is 22.1 Å². The van der Waals surface area contributed by atoms with Crippen molar-refractivity contribution in [2.75, 3.05) is 0 Å². The maximum absolute atomic E-state index is 16.1. The number of hydrogen-bond acceptors (Lipinski definition) is 3. The average molecular weight is 906 g/mol. The van der Waals surface area contributed by atoms with E-state index in [1.807, 2.05) is 179 Å². The van der Waals surface area contributed by atoms with Crippen molar-refractivity contribution >= 4 is 43.6 Å².